The van der Waals surface area contributed by atoms with Gasteiger partial charge in [-0.15, -0.1) is 0 Å². The van der Waals surface area contributed by atoms with Crippen LogP contribution in [0.5, 0.6) is 0 Å². The maximum Gasteiger partial charge on any atom is 0.244 e. The van der Waals surface area contributed by atoms with Gasteiger partial charge in [-0.2, -0.15) is 9.57 Å². The van der Waals surface area contributed by atoms with E-state index in [1.807, 2.05) is 0 Å². The molecule has 0 radical (unpaired) electrons. The maximum absolute atomic E-state index is 12.5. The van der Waals surface area contributed by atoms with Gasteiger partial charge in [-0.05, 0) is 37.5 Å². The van der Waals surface area contributed by atoms with Gasteiger partial charge in [0.15, 0.2) is 0 Å². The first-order chi connectivity index (χ1) is 8.55. The van der Waals surface area contributed by atoms with Crippen LogP contribution in [0, 0.1) is 11.3 Å². The van der Waals surface area contributed by atoms with E-state index in [0.29, 0.717) is 17.4 Å². The normalized spacial score (nSPS) is 21.4. The van der Waals surface area contributed by atoms with Crippen LogP contribution in [0.3, 0.4) is 0 Å². The molecular weight excluding hydrogens is 316 g/mol. The Morgan fingerprint density at radius 3 is 2.83 bits per heavy atom. The summed E-state index contributed by atoms with van der Waals surface area (Å²) in [5.41, 5.74) is 0. The molecule has 1 aromatic rings. The summed E-state index contributed by atoms with van der Waals surface area (Å²) in [6.07, 6.45) is 2.33. The van der Waals surface area contributed by atoms with Gasteiger partial charge in [-0.1, -0.05) is 22.0 Å². The number of nitriles is 1. The van der Waals surface area contributed by atoms with Crippen LogP contribution in [-0.4, -0.2) is 25.3 Å². The molecule has 1 aromatic carbocycles. The molecule has 0 N–H and O–H groups in total. The molecule has 1 atom stereocenters. The van der Waals surface area contributed by atoms with Crippen molar-refractivity contribution >= 4 is 26.0 Å². The molecular formula is C12H13BrN2O2S. The first kappa shape index (κ1) is 13.5. The monoisotopic (exact) mass is 328 g/mol. The third kappa shape index (κ3) is 2.58. The van der Waals surface area contributed by atoms with E-state index in [9.17, 15) is 8.42 Å². The molecule has 0 saturated carbocycles. The molecule has 1 aliphatic rings. The predicted molar refractivity (Wildman–Crippen MR) is 71.3 cm³/mol. The number of halogens is 1. The van der Waals surface area contributed by atoms with Gasteiger partial charge in [-0.3, -0.25) is 0 Å². The number of piperidine rings is 1. The van der Waals surface area contributed by atoms with Gasteiger partial charge in [-0.25, -0.2) is 8.42 Å². The maximum atomic E-state index is 12.5. The summed E-state index contributed by atoms with van der Waals surface area (Å²) in [5, 5.41) is 9.06. The van der Waals surface area contributed by atoms with Crippen LogP contribution >= 0.6 is 15.9 Å². The third-order valence-corrected chi connectivity index (χ3v) is 5.40. The minimum atomic E-state index is -3.56. The lowest BCUT2D eigenvalue weighted by molar-refractivity contribution is 0.297. The highest BCUT2D eigenvalue weighted by atomic mass is 79.9. The molecule has 1 aliphatic heterocycles. The van der Waals surface area contributed by atoms with Crippen molar-refractivity contribution in [3.63, 3.8) is 0 Å². The molecule has 1 heterocycles. The van der Waals surface area contributed by atoms with Gasteiger partial charge in [0.05, 0.1) is 11.0 Å². The Morgan fingerprint density at radius 1 is 1.39 bits per heavy atom. The smallest absolute Gasteiger partial charge is 0.207 e. The van der Waals surface area contributed by atoms with E-state index < -0.39 is 16.1 Å². The van der Waals surface area contributed by atoms with Crippen molar-refractivity contribution in [2.45, 2.75) is 30.2 Å². The van der Waals surface area contributed by atoms with Crippen LogP contribution in [-0.2, 0) is 10.0 Å². The first-order valence-corrected chi connectivity index (χ1v) is 7.96. The van der Waals surface area contributed by atoms with Gasteiger partial charge in [0.25, 0.3) is 0 Å². The second-order valence-electron chi connectivity index (χ2n) is 4.21. The SMILES string of the molecule is N#CC1CCCCN1S(=O)(=O)c1cccc(Br)c1. The lowest BCUT2D eigenvalue weighted by atomic mass is 10.1. The molecule has 0 amide bonds. The summed E-state index contributed by atoms with van der Waals surface area (Å²) in [7, 11) is -3.56. The third-order valence-electron chi connectivity index (χ3n) is 3.01. The molecule has 1 saturated heterocycles. The van der Waals surface area contributed by atoms with Crippen molar-refractivity contribution in [2.24, 2.45) is 0 Å². The average Bonchev–Trinajstić information content (AvgIpc) is 2.38. The quantitative estimate of drug-likeness (QED) is 0.838. The highest BCUT2D eigenvalue weighted by Gasteiger charge is 2.33. The van der Waals surface area contributed by atoms with Crippen molar-refractivity contribution in [1.29, 1.82) is 5.26 Å². The van der Waals surface area contributed by atoms with E-state index in [2.05, 4.69) is 22.0 Å². The first-order valence-electron chi connectivity index (χ1n) is 5.73. The molecule has 2 rings (SSSR count). The van der Waals surface area contributed by atoms with E-state index >= 15 is 0 Å². The minimum absolute atomic E-state index is 0.235. The highest BCUT2D eigenvalue weighted by molar-refractivity contribution is 9.10. The number of hydrogen-bond donors (Lipinski definition) is 0. The van der Waals surface area contributed by atoms with Crippen LogP contribution in [0.2, 0.25) is 0 Å². The van der Waals surface area contributed by atoms with E-state index in [1.165, 1.54) is 4.31 Å². The number of rotatable bonds is 2. The molecule has 4 nitrogen and oxygen atoms in total. The topological polar surface area (TPSA) is 61.2 Å². The van der Waals surface area contributed by atoms with Gasteiger partial charge in [0.1, 0.15) is 6.04 Å². The Balaban J connectivity index is 2.39. The zero-order chi connectivity index (χ0) is 13.2. The van der Waals surface area contributed by atoms with Crippen LogP contribution in [0.4, 0.5) is 0 Å². The minimum Gasteiger partial charge on any atom is -0.207 e. The van der Waals surface area contributed by atoms with Crippen LogP contribution < -0.4 is 0 Å². The number of nitrogens with zero attached hydrogens (tertiary/aromatic N) is 2. The highest BCUT2D eigenvalue weighted by Crippen LogP contribution is 2.26. The second kappa shape index (κ2) is 5.39. The molecule has 6 heteroatoms. The number of hydrogen-bond acceptors (Lipinski definition) is 3. The zero-order valence-electron chi connectivity index (χ0n) is 9.71. The molecule has 96 valence electrons. The molecule has 0 aromatic heterocycles. The summed E-state index contributed by atoms with van der Waals surface area (Å²) in [6, 6.07) is 8.12. The zero-order valence-corrected chi connectivity index (χ0v) is 12.1. The lowest BCUT2D eigenvalue weighted by Gasteiger charge is -2.30. The van der Waals surface area contributed by atoms with Crippen molar-refractivity contribution < 1.29 is 8.42 Å². The fraction of sp³-hybridized carbons (Fsp3) is 0.417. The average molecular weight is 329 g/mol. The Bertz CT molecular complexity index is 580. The fourth-order valence-electron chi connectivity index (χ4n) is 2.08. The number of sulfonamides is 1. The molecule has 0 spiro atoms. The summed E-state index contributed by atoms with van der Waals surface area (Å²) in [5.74, 6) is 0. The van der Waals surface area contributed by atoms with Gasteiger partial charge >= 0.3 is 0 Å². The molecule has 0 bridgehead atoms. The van der Waals surface area contributed by atoms with Crippen molar-refractivity contribution in [3.05, 3.63) is 28.7 Å². The van der Waals surface area contributed by atoms with E-state index in [1.54, 1.807) is 24.3 Å². The van der Waals surface area contributed by atoms with Crippen LogP contribution in [0.25, 0.3) is 0 Å². The van der Waals surface area contributed by atoms with E-state index in [4.69, 9.17) is 5.26 Å². The predicted octanol–water partition coefficient (Wildman–Crippen LogP) is 2.52. The van der Waals surface area contributed by atoms with Crippen molar-refractivity contribution in [3.8, 4) is 6.07 Å². The summed E-state index contributed by atoms with van der Waals surface area (Å²) in [4.78, 5) is 0.235. The van der Waals surface area contributed by atoms with Crippen LogP contribution in [0.1, 0.15) is 19.3 Å². The Labute approximate surface area is 115 Å². The second-order valence-corrected chi connectivity index (χ2v) is 7.02. The Hall–Kier alpha value is -0.900. The Morgan fingerprint density at radius 2 is 2.17 bits per heavy atom. The summed E-state index contributed by atoms with van der Waals surface area (Å²) < 4.78 is 27.0. The molecule has 0 aliphatic carbocycles. The van der Waals surface area contributed by atoms with Crippen LogP contribution in [0.15, 0.2) is 33.6 Å². The van der Waals surface area contributed by atoms with Gasteiger partial charge in [0.2, 0.25) is 10.0 Å². The van der Waals surface area contributed by atoms with Crippen molar-refractivity contribution in [1.82, 2.24) is 4.31 Å². The fourth-order valence-corrected chi connectivity index (χ4v) is 4.29. The van der Waals surface area contributed by atoms with Gasteiger partial charge < -0.3 is 0 Å². The standard InChI is InChI=1S/C12H13BrN2O2S/c13-10-4-3-6-12(8-10)18(16,17)15-7-2-1-5-11(15)9-14/h3-4,6,8,11H,1-2,5,7H2. The van der Waals surface area contributed by atoms with E-state index in [0.717, 1.165) is 12.8 Å². The number of benzene rings is 1. The Kier molecular flexibility index (Phi) is 4.05. The molecule has 1 unspecified atom stereocenters. The van der Waals surface area contributed by atoms with E-state index in [-0.39, 0.29) is 4.90 Å². The molecule has 1 fully saturated rings. The van der Waals surface area contributed by atoms with Gasteiger partial charge in [0, 0.05) is 11.0 Å². The summed E-state index contributed by atoms with van der Waals surface area (Å²) >= 11 is 3.26. The van der Waals surface area contributed by atoms with Crippen molar-refractivity contribution in [2.75, 3.05) is 6.54 Å². The lowest BCUT2D eigenvalue weighted by Crippen LogP contribution is -2.42. The summed E-state index contributed by atoms with van der Waals surface area (Å²) in [6.45, 7) is 0.424. The largest absolute Gasteiger partial charge is 0.244 e. The molecule has 18 heavy (non-hydrogen) atoms.